The van der Waals surface area contributed by atoms with Crippen LogP contribution < -0.4 is 5.56 Å². The van der Waals surface area contributed by atoms with Gasteiger partial charge in [-0.1, -0.05) is 24.9 Å². The third-order valence-corrected chi connectivity index (χ3v) is 3.90. The van der Waals surface area contributed by atoms with E-state index in [4.69, 9.17) is 11.6 Å². The molecule has 0 saturated heterocycles. The van der Waals surface area contributed by atoms with E-state index in [1.807, 2.05) is 6.92 Å². The summed E-state index contributed by atoms with van der Waals surface area (Å²) in [6.07, 6.45) is 1.27. The Balaban J connectivity index is 2.52. The lowest BCUT2D eigenvalue weighted by Crippen LogP contribution is -2.15. The highest BCUT2D eigenvalue weighted by molar-refractivity contribution is 9.10. The van der Waals surface area contributed by atoms with Gasteiger partial charge in [0.05, 0.1) is 10.6 Å². The number of hydrogen-bond acceptors (Lipinski definition) is 3. The molecule has 0 aliphatic heterocycles. The van der Waals surface area contributed by atoms with Crippen molar-refractivity contribution in [3.63, 3.8) is 0 Å². The molecule has 0 atom stereocenters. The quantitative estimate of drug-likeness (QED) is 0.896. The van der Waals surface area contributed by atoms with Crippen LogP contribution in [-0.2, 0) is 6.42 Å². The van der Waals surface area contributed by atoms with Crippen LogP contribution >= 0.6 is 27.5 Å². The first-order valence-electron chi connectivity index (χ1n) is 5.80. The second-order valence-corrected chi connectivity index (χ2v) is 5.36. The molecule has 1 heterocycles. The molecule has 2 N–H and O–H groups in total. The smallest absolute Gasteiger partial charge is 0.258 e. The van der Waals surface area contributed by atoms with Crippen LogP contribution in [0.25, 0.3) is 11.4 Å². The van der Waals surface area contributed by atoms with Crippen molar-refractivity contribution < 1.29 is 5.11 Å². The Morgan fingerprint density at radius 1 is 1.47 bits per heavy atom. The van der Waals surface area contributed by atoms with E-state index in [-0.39, 0.29) is 11.4 Å². The van der Waals surface area contributed by atoms with Crippen molar-refractivity contribution in [2.45, 2.75) is 19.8 Å². The summed E-state index contributed by atoms with van der Waals surface area (Å²) < 4.78 is 0.700. The Morgan fingerprint density at radius 3 is 2.79 bits per heavy atom. The van der Waals surface area contributed by atoms with Gasteiger partial charge in [-0.2, -0.15) is 4.98 Å². The van der Waals surface area contributed by atoms with E-state index in [2.05, 4.69) is 25.9 Å². The summed E-state index contributed by atoms with van der Waals surface area (Å²) in [4.78, 5) is 18.6. The van der Waals surface area contributed by atoms with Crippen molar-refractivity contribution in [3.8, 4) is 17.3 Å². The number of rotatable bonds is 3. The van der Waals surface area contributed by atoms with E-state index in [9.17, 15) is 9.90 Å². The molecular formula is C13H12BrClN2O2. The molecule has 6 heteroatoms. The van der Waals surface area contributed by atoms with Gasteiger partial charge in [-0.3, -0.25) is 4.79 Å². The fourth-order valence-electron chi connectivity index (χ4n) is 1.74. The molecule has 0 radical (unpaired) electrons. The van der Waals surface area contributed by atoms with Crippen LogP contribution in [0.4, 0.5) is 0 Å². The summed E-state index contributed by atoms with van der Waals surface area (Å²) >= 11 is 9.21. The minimum Gasteiger partial charge on any atom is -0.493 e. The molecule has 0 aliphatic carbocycles. The zero-order chi connectivity index (χ0) is 14.0. The van der Waals surface area contributed by atoms with E-state index < -0.39 is 0 Å². The average Bonchev–Trinajstić information content (AvgIpc) is 2.37. The van der Waals surface area contributed by atoms with Crippen LogP contribution in [0.2, 0.25) is 5.02 Å². The molecule has 1 aromatic carbocycles. The molecule has 0 spiro atoms. The standard InChI is InChI=1S/C13H12BrClN2O2/c1-2-3-8-12(18)16-11(17-13(8)19)7-4-5-10(15)9(14)6-7/h4-6H,2-3H2,1H3,(H2,16,17,18,19). The summed E-state index contributed by atoms with van der Waals surface area (Å²) in [6.45, 7) is 1.93. The molecule has 0 amide bonds. The molecule has 100 valence electrons. The van der Waals surface area contributed by atoms with Crippen LogP contribution in [0.15, 0.2) is 27.5 Å². The average molecular weight is 344 g/mol. The summed E-state index contributed by atoms with van der Waals surface area (Å²) in [5, 5.41) is 10.4. The fraction of sp³-hybridized carbons (Fsp3) is 0.231. The largest absolute Gasteiger partial charge is 0.493 e. The van der Waals surface area contributed by atoms with E-state index >= 15 is 0 Å². The first kappa shape index (κ1) is 14.1. The number of halogens is 2. The van der Waals surface area contributed by atoms with Gasteiger partial charge in [0.2, 0.25) is 5.88 Å². The van der Waals surface area contributed by atoms with Crippen LogP contribution in [0.3, 0.4) is 0 Å². The van der Waals surface area contributed by atoms with Crippen molar-refractivity contribution >= 4 is 27.5 Å². The lowest BCUT2D eigenvalue weighted by atomic mass is 10.1. The number of aromatic hydroxyl groups is 1. The van der Waals surface area contributed by atoms with E-state index in [1.165, 1.54) is 0 Å². The van der Waals surface area contributed by atoms with E-state index in [1.54, 1.807) is 18.2 Å². The van der Waals surface area contributed by atoms with Gasteiger partial charge in [0.1, 0.15) is 5.82 Å². The SMILES string of the molecule is CCCc1c(O)nc(-c2ccc(Cl)c(Br)c2)[nH]c1=O. The van der Waals surface area contributed by atoms with Crippen LogP contribution in [0, 0.1) is 0 Å². The third kappa shape index (κ3) is 2.98. The molecule has 0 saturated carbocycles. The van der Waals surface area contributed by atoms with Gasteiger partial charge in [-0.15, -0.1) is 0 Å². The lowest BCUT2D eigenvalue weighted by Gasteiger charge is -2.06. The van der Waals surface area contributed by atoms with Gasteiger partial charge in [0.25, 0.3) is 5.56 Å². The van der Waals surface area contributed by atoms with Crippen LogP contribution in [-0.4, -0.2) is 15.1 Å². The van der Waals surface area contributed by atoms with Gasteiger partial charge < -0.3 is 10.1 Å². The molecule has 0 fully saturated rings. The number of nitrogens with zero attached hydrogens (tertiary/aromatic N) is 1. The maximum absolute atomic E-state index is 11.9. The number of nitrogens with one attached hydrogen (secondary N) is 1. The van der Waals surface area contributed by atoms with E-state index in [0.717, 1.165) is 6.42 Å². The molecule has 19 heavy (non-hydrogen) atoms. The second kappa shape index (κ2) is 5.75. The lowest BCUT2D eigenvalue weighted by molar-refractivity contribution is 0.443. The van der Waals surface area contributed by atoms with Gasteiger partial charge in [0, 0.05) is 10.0 Å². The van der Waals surface area contributed by atoms with Crippen molar-refractivity contribution in [2.24, 2.45) is 0 Å². The highest BCUT2D eigenvalue weighted by Gasteiger charge is 2.11. The van der Waals surface area contributed by atoms with Crippen molar-refractivity contribution in [1.82, 2.24) is 9.97 Å². The zero-order valence-electron chi connectivity index (χ0n) is 10.2. The predicted molar refractivity (Wildman–Crippen MR) is 78.7 cm³/mol. The first-order valence-corrected chi connectivity index (χ1v) is 6.97. The monoisotopic (exact) mass is 342 g/mol. The Kier molecular flexibility index (Phi) is 4.27. The number of H-pyrrole nitrogens is 1. The maximum Gasteiger partial charge on any atom is 0.258 e. The number of aromatic amines is 1. The summed E-state index contributed by atoms with van der Waals surface area (Å²) in [7, 11) is 0. The third-order valence-electron chi connectivity index (χ3n) is 2.69. The summed E-state index contributed by atoms with van der Waals surface area (Å²) in [5.74, 6) is 0.103. The molecular weight excluding hydrogens is 332 g/mol. The van der Waals surface area contributed by atoms with E-state index in [0.29, 0.717) is 32.9 Å². The van der Waals surface area contributed by atoms with Crippen molar-refractivity contribution in [1.29, 1.82) is 0 Å². The molecule has 2 aromatic rings. The normalized spacial score (nSPS) is 10.7. The Morgan fingerprint density at radius 2 is 2.21 bits per heavy atom. The van der Waals surface area contributed by atoms with Crippen molar-refractivity contribution in [2.75, 3.05) is 0 Å². The highest BCUT2D eigenvalue weighted by atomic mass is 79.9. The minimum atomic E-state index is -0.310. The summed E-state index contributed by atoms with van der Waals surface area (Å²) in [5.41, 5.74) is 0.682. The van der Waals surface area contributed by atoms with Gasteiger partial charge in [0.15, 0.2) is 0 Å². The van der Waals surface area contributed by atoms with Crippen LogP contribution in [0.5, 0.6) is 5.88 Å². The Hall–Kier alpha value is -1.33. The number of benzene rings is 1. The van der Waals surface area contributed by atoms with Gasteiger partial charge in [-0.05, 0) is 40.5 Å². The topological polar surface area (TPSA) is 66.0 Å². The zero-order valence-corrected chi connectivity index (χ0v) is 12.5. The second-order valence-electron chi connectivity index (χ2n) is 4.10. The fourth-order valence-corrected chi connectivity index (χ4v) is 2.24. The number of hydrogen-bond donors (Lipinski definition) is 2. The minimum absolute atomic E-state index is 0.216. The van der Waals surface area contributed by atoms with Crippen LogP contribution in [0.1, 0.15) is 18.9 Å². The molecule has 4 nitrogen and oxygen atoms in total. The summed E-state index contributed by atoms with van der Waals surface area (Å²) in [6, 6.07) is 5.15. The first-order chi connectivity index (χ1) is 9.02. The molecule has 0 bridgehead atoms. The Bertz CT molecular complexity index is 670. The highest BCUT2D eigenvalue weighted by Crippen LogP contribution is 2.27. The van der Waals surface area contributed by atoms with Gasteiger partial charge >= 0.3 is 0 Å². The molecule has 1 aromatic heterocycles. The number of aromatic nitrogens is 2. The predicted octanol–water partition coefficient (Wildman–Crippen LogP) is 3.51. The van der Waals surface area contributed by atoms with Crippen molar-refractivity contribution in [3.05, 3.63) is 43.6 Å². The molecule has 2 rings (SSSR count). The molecule has 0 unspecified atom stereocenters. The molecule has 0 aliphatic rings. The Labute approximate surface area is 123 Å². The van der Waals surface area contributed by atoms with Gasteiger partial charge in [-0.25, -0.2) is 0 Å². The maximum atomic E-state index is 11.9.